The highest BCUT2D eigenvalue weighted by Crippen LogP contribution is 2.22. The minimum Gasteiger partial charge on any atom is -0.352 e. The quantitative estimate of drug-likeness (QED) is 0.707. The summed E-state index contributed by atoms with van der Waals surface area (Å²) in [6, 6.07) is 7.61. The van der Waals surface area contributed by atoms with Gasteiger partial charge in [-0.25, -0.2) is 0 Å². The predicted molar refractivity (Wildman–Crippen MR) is 128 cm³/mol. The minimum absolute atomic E-state index is 0.00974. The van der Waals surface area contributed by atoms with Gasteiger partial charge < -0.3 is 15.5 Å². The zero-order valence-corrected chi connectivity index (χ0v) is 20.6. The molecule has 0 saturated carbocycles. The summed E-state index contributed by atoms with van der Waals surface area (Å²) in [5, 5.41) is 5.83. The first-order chi connectivity index (χ1) is 14.8. The van der Waals surface area contributed by atoms with E-state index < -0.39 is 0 Å². The second kappa shape index (κ2) is 10.9. The van der Waals surface area contributed by atoms with E-state index in [1.807, 2.05) is 49.9 Å². The molecule has 1 aliphatic rings. The van der Waals surface area contributed by atoms with E-state index in [0.717, 1.165) is 13.0 Å². The Bertz CT molecular complexity index is 791. The summed E-state index contributed by atoms with van der Waals surface area (Å²) in [7, 11) is 0. The van der Waals surface area contributed by atoms with Crippen molar-refractivity contribution < 1.29 is 14.4 Å². The lowest BCUT2D eigenvalue weighted by Gasteiger charge is -2.25. The highest BCUT2D eigenvalue weighted by molar-refractivity contribution is 5.94. The summed E-state index contributed by atoms with van der Waals surface area (Å²) < 4.78 is 0. The number of hydrogen-bond donors (Lipinski definition) is 2. The molecule has 0 atom stereocenters. The number of rotatable bonds is 6. The Morgan fingerprint density at radius 1 is 0.906 bits per heavy atom. The fourth-order valence-corrected chi connectivity index (χ4v) is 3.70. The summed E-state index contributed by atoms with van der Waals surface area (Å²) in [6.07, 6.45) is 1.11. The van der Waals surface area contributed by atoms with Crippen LogP contribution < -0.4 is 10.6 Å². The van der Waals surface area contributed by atoms with Crippen molar-refractivity contribution in [2.45, 2.75) is 65.3 Å². The van der Waals surface area contributed by atoms with Crippen LogP contribution in [0.3, 0.4) is 0 Å². The van der Waals surface area contributed by atoms with Crippen LogP contribution in [0.2, 0.25) is 0 Å². The maximum absolute atomic E-state index is 12.6. The summed E-state index contributed by atoms with van der Waals surface area (Å²) in [5.41, 5.74) is 1.57. The molecule has 2 rings (SSSR count). The number of amides is 3. The van der Waals surface area contributed by atoms with E-state index in [-0.39, 0.29) is 35.1 Å². The van der Waals surface area contributed by atoms with Gasteiger partial charge in [0.15, 0.2) is 0 Å². The van der Waals surface area contributed by atoms with E-state index in [4.69, 9.17) is 0 Å². The number of nitrogens with one attached hydrogen (secondary N) is 2. The van der Waals surface area contributed by atoms with Crippen LogP contribution in [-0.4, -0.2) is 72.3 Å². The predicted octanol–water partition coefficient (Wildman–Crippen LogP) is 2.55. The van der Waals surface area contributed by atoms with E-state index in [0.29, 0.717) is 38.3 Å². The molecule has 32 heavy (non-hydrogen) atoms. The Labute approximate surface area is 192 Å². The summed E-state index contributed by atoms with van der Waals surface area (Å²) in [4.78, 5) is 41.1. The molecule has 0 aromatic heterocycles. The number of carbonyl (C=O) groups excluding carboxylic acids is 3. The number of nitrogens with zero attached hydrogens (tertiary/aromatic N) is 2. The van der Waals surface area contributed by atoms with Crippen LogP contribution in [0.1, 0.15) is 70.3 Å². The van der Waals surface area contributed by atoms with Gasteiger partial charge in [0.2, 0.25) is 11.8 Å². The normalized spacial score (nSPS) is 15.8. The zero-order chi connectivity index (χ0) is 23.9. The van der Waals surface area contributed by atoms with Gasteiger partial charge in [-0.3, -0.25) is 19.3 Å². The number of benzene rings is 1. The Kier molecular flexibility index (Phi) is 8.84. The van der Waals surface area contributed by atoms with Crippen molar-refractivity contribution >= 4 is 17.7 Å². The molecule has 178 valence electrons. The number of hydrogen-bond acceptors (Lipinski definition) is 4. The average molecular weight is 445 g/mol. The van der Waals surface area contributed by atoms with E-state index in [1.54, 1.807) is 0 Å². The van der Waals surface area contributed by atoms with Crippen LogP contribution in [0.25, 0.3) is 0 Å². The highest BCUT2D eigenvalue weighted by Gasteiger charge is 2.22. The highest BCUT2D eigenvalue weighted by atomic mass is 16.2. The lowest BCUT2D eigenvalue weighted by molar-refractivity contribution is -0.130. The van der Waals surface area contributed by atoms with E-state index >= 15 is 0 Å². The smallest absolute Gasteiger partial charge is 0.251 e. The fraction of sp³-hybridized carbons (Fsp3) is 0.640. The van der Waals surface area contributed by atoms with Gasteiger partial charge >= 0.3 is 0 Å². The maximum Gasteiger partial charge on any atom is 0.251 e. The molecule has 3 amide bonds. The van der Waals surface area contributed by atoms with Gasteiger partial charge in [0.1, 0.15) is 0 Å². The summed E-state index contributed by atoms with van der Waals surface area (Å²) in [5.74, 6) is -0.116. The van der Waals surface area contributed by atoms with Crippen LogP contribution in [0.5, 0.6) is 0 Å². The lowest BCUT2D eigenvalue weighted by atomic mass is 9.87. The first kappa shape index (κ1) is 25.8. The molecule has 0 spiro atoms. The third-order valence-corrected chi connectivity index (χ3v) is 5.46. The average Bonchev–Trinajstić information content (AvgIpc) is 2.91. The summed E-state index contributed by atoms with van der Waals surface area (Å²) >= 11 is 0. The van der Waals surface area contributed by atoms with E-state index in [9.17, 15) is 14.4 Å². The molecule has 2 N–H and O–H groups in total. The molecule has 0 unspecified atom stereocenters. The van der Waals surface area contributed by atoms with Gasteiger partial charge in [0.05, 0.1) is 6.54 Å². The topological polar surface area (TPSA) is 81.8 Å². The molecule has 0 radical (unpaired) electrons. The van der Waals surface area contributed by atoms with Gasteiger partial charge in [0.25, 0.3) is 5.91 Å². The summed E-state index contributed by atoms with van der Waals surface area (Å²) in [6.45, 7) is 15.7. The third-order valence-electron chi connectivity index (χ3n) is 5.46. The molecular weight excluding hydrogens is 404 g/mol. The van der Waals surface area contributed by atoms with Gasteiger partial charge in [-0.1, -0.05) is 32.9 Å². The second-order valence-corrected chi connectivity index (χ2v) is 10.6. The van der Waals surface area contributed by atoms with Crippen molar-refractivity contribution in [2.24, 2.45) is 0 Å². The Balaban J connectivity index is 1.75. The van der Waals surface area contributed by atoms with Crippen LogP contribution in [0.15, 0.2) is 24.3 Å². The SMILES string of the molecule is CC(C)(C)NC(=O)CN1CCCN(C(=O)CCNC(=O)c2ccc(C(C)(C)C)cc2)CC1. The number of carbonyl (C=O) groups is 3. The van der Waals surface area contributed by atoms with Crippen molar-refractivity contribution in [1.29, 1.82) is 0 Å². The Morgan fingerprint density at radius 2 is 1.56 bits per heavy atom. The maximum atomic E-state index is 12.6. The van der Waals surface area contributed by atoms with Crippen molar-refractivity contribution in [3.63, 3.8) is 0 Å². The molecule has 1 aromatic rings. The first-order valence-corrected chi connectivity index (χ1v) is 11.5. The van der Waals surface area contributed by atoms with Crippen LogP contribution in [0, 0.1) is 0 Å². The molecule has 1 heterocycles. The van der Waals surface area contributed by atoms with Crippen molar-refractivity contribution in [3.05, 3.63) is 35.4 Å². The van der Waals surface area contributed by atoms with Gasteiger partial charge in [-0.05, 0) is 50.3 Å². The molecule has 1 saturated heterocycles. The van der Waals surface area contributed by atoms with Crippen molar-refractivity contribution in [1.82, 2.24) is 20.4 Å². The Morgan fingerprint density at radius 3 is 2.16 bits per heavy atom. The molecule has 0 aliphatic carbocycles. The van der Waals surface area contributed by atoms with Gasteiger partial charge in [-0.15, -0.1) is 0 Å². The minimum atomic E-state index is -0.246. The lowest BCUT2D eigenvalue weighted by Crippen LogP contribution is -2.46. The molecule has 1 aromatic carbocycles. The van der Waals surface area contributed by atoms with Crippen LogP contribution >= 0.6 is 0 Å². The second-order valence-electron chi connectivity index (χ2n) is 10.6. The Hall–Kier alpha value is -2.41. The van der Waals surface area contributed by atoms with E-state index in [1.165, 1.54) is 5.56 Å². The van der Waals surface area contributed by atoms with Gasteiger partial charge in [0, 0.05) is 50.2 Å². The van der Waals surface area contributed by atoms with Crippen LogP contribution in [-0.2, 0) is 15.0 Å². The molecular formula is C25H40N4O3. The van der Waals surface area contributed by atoms with Crippen molar-refractivity contribution in [3.8, 4) is 0 Å². The zero-order valence-electron chi connectivity index (χ0n) is 20.6. The third kappa shape index (κ3) is 8.61. The molecule has 7 heteroatoms. The molecule has 0 bridgehead atoms. The molecule has 1 aliphatic heterocycles. The van der Waals surface area contributed by atoms with E-state index in [2.05, 4.69) is 36.3 Å². The van der Waals surface area contributed by atoms with Crippen LogP contribution in [0.4, 0.5) is 0 Å². The molecule has 1 fully saturated rings. The first-order valence-electron chi connectivity index (χ1n) is 11.5. The van der Waals surface area contributed by atoms with Gasteiger partial charge in [-0.2, -0.15) is 0 Å². The largest absolute Gasteiger partial charge is 0.352 e. The monoisotopic (exact) mass is 444 g/mol. The van der Waals surface area contributed by atoms with Crippen molar-refractivity contribution in [2.75, 3.05) is 39.3 Å². The fourth-order valence-electron chi connectivity index (χ4n) is 3.70. The standard InChI is InChI=1S/C25H40N4O3/c1-24(2,3)20-10-8-19(9-11-20)23(32)26-13-12-22(31)29-15-7-14-28(16-17-29)18-21(30)27-25(4,5)6/h8-11H,7,12-18H2,1-6H3,(H,26,32)(H,27,30). The molecule has 7 nitrogen and oxygen atoms in total.